The van der Waals surface area contributed by atoms with E-state index >= 15 is 0 Å². The SMILES string of the molecule is CC(C)COCCCNC1CCCOc2cc(Br)ccc21. The van der Waals surface area contributed by atoms with Gasteiger partial charge < -0.3 is 14.8 Å². The van der Waals surface area contributed by atoms with Crippen molar-refractivity contribution in [2.45, 2.75) is 39.2 Å². The fourth-order valence-electron chi connectivity index (χ4n) is 2.53. The van der Waals surface area contributed by atoms with Crippen molar-refractivity contribution in [3.63, 3.8) is 0 Å². The minimum Gasteiger partial charge on any atom is -0.493 e. The summed E-state index contributed by atoms with van der Waals surface area (Å²) in [4.78, 5) is 0. The molecule has 0 aromatic heterocycles. The van der Waals surface area contributed by atoms with E-state index in [1.54, 1.807) is 0 Å². The summed E-state index contributed by atoms with van der Waals surface area (Å²) in [5.74, 6) is 1.62. The second-order valence-corrected chi connectivity index (χ2v) is 6.92. The molecule has 1 aromatic carbocycles. The second kappa shape index (κ2) is 8.76. The van der Waals surface area contributed by atoms with Gasteiger partial charge in [-0.05, 0) is 43.9 Å². The van der Waals surface area contributed by atoms with Gasteiger partial charge in [-0.2, -0.15) is 0 Å². The summed E-state index contributed by atoms with van der Waals surface area (Å²) < 4.78 is 12.5. The summed E-state index contributed by atoms with van der Waals surface area (Å²) >= 11 is 3.51. The Hall–Kier alpha value is -0.580. The largest absolute Gasteiger partial charge is 0.493 e. The molecule has 3 nitrogen and oxygen atoms in total. The number of ether oxygens (including phenoxy) is 2. The van der Waals surface area contributed by atoms with E-state index in [1.807, 2.05) is 0 Å². The number of hydrogen-bond acceptors (Lipinski definition) is 3. The van der Waals surface area contributed by atoms with Crippen molar-refractivity contribution in [3.8, 4) is 5.75 Å². The van der Waals surface area contributed by atoms with Crippen molar-refractivity contribution < 1.29 is 9.47 Å². The molecule has 1 N–H and O–H groups in total. The Kier molecular flexibility index (Phi) is 7.00. The molecule has 0 fully saturated rings. The van der Waals surface area contributed by atoms with Gasteiger partial charge in [0.05, 0.1) is 6.61 Å². The number of nitrogens with one attached hydrogen (secondary N) is 1. The van der Waals surface area contributed by atoms with Crippen molar-refractivity contribution in [1.82, 2.24) is 5.32 Å². The third-order valence-electron chi connectivity index (χ3n) is 3.55. The van der Waals surface area contributed by atoms with Crippen LogP contribution in [0, 0.1) is 5.92 Å². The van der Waals surface area contributed by atoms with Crippen molar-refractivity contribution in [3.05, 3.63) is 28.2 Å². The lowest BCUT2D eigenvalue weighted by Crippen LogP contribution is -2.23. The first kappa shape index (κ1) is 16.8. The molecule has 0 radical (unpaired) electrons. The van der Waals surface area contributed by atoms with Gasteiger partial charge >= 0.3 is 0 Å². The Bertz CT molecular complexity index is 437. The third kappa shape index (κ3) is 5.61. The average Bonchev–Trinajstić information content (AvgIpc) is 2.64. The van der Waals surface area contributed by atoms with Crippen LogP contribution >= 0.6 is 15.9 Å². The number of hydrogen-bond donors (Lipinski definition) is 1. The third-order valence-corrected chi connectivity index (χ3v) is 4.05. The van der Waals surface area contributed by atoms with Crippen LogP contribution in [0.15, 0.2) is 22.7 Å². The Morgan fingerprint density at radius 1 is 1.43 bits per heavy atom. The highest BCUT2D eigenvalue weighted by Gasteiger charge is 2.19. The van der Waals surface area contributed by atoms with E-state index in [0.29, 0.717) is 12.0 Å². The molecule has 1 aliphatic heterocycles. The van der Waals surface area contributed by atoms with E-state index in [1.165, 1.54) is 5.56 Å². The quantitative estimate of drug-likeness (QED) is 0.739. The van der Waals surface area contributed by atoms with Crippen LogP contribution in [-0.2, 0) is 4.74 Å². The highest BCUT2D eigenvalue weighted by molar-refractivity contribution is 9.10. The van der Waals surface area contributed by atoms with Crippen LogP contribution in [0.4, 0.5) is 0 Å². The van der Waals surface area contributed by atoms with Gasteiger partial charge in [0.25, 0.3) is 0 Å². The Balaban J connectivity index is 1.80. The maximum atomic E-state index is 5.84. The van der Waals surface area contributed by atoms with Gasteiger partial charge in [0.1, 0.15) is 5.75 Å². The molecule has 0 amide bonds. The van der Waals surface area contributed by atoms with Crippen LogP contribution in [0.3, 0.4) is 0 Å². The molecule has 4 heteroatoms. The van der Waals surface area contributed by atoms with Crippen LogP contribution < -0.4 is 10.1 Å². The summed E-state index contributed by atoms with van der Waals surface area (Å²) in [5.41, 5.74) is 1.28. The van der Waals surface area contributed by atoms with Crippen molar-refractivity contribution in [2.24, 2.45) is 5.92 Å². The zero-order valence-electron chi connectivity index (χ0n) is 13.0. The Morgan fingerprint density at radius 3 is 3.10 bits per heavy atom. The van der Waals surface area contributed by atoms with Crippen molar-refractivity contribution in [1.29, 1.82) is 0 Å². The molecular formula is C17H26BrNO2. The molecule has 0 aliphatic carbocycles. The highest BCUT2D eigenvalue weighted by atomic mass is 79.9. The fraction of sp³-hybridized carbons (Fsp3) is 0.647. The average molecular weight is 356 g/mol. The smallest absolute Gasteiger partial charge is 0.125 e. The second-order valence-electron chi connectivity index (χ2n) is 6.00. The standard InChI is InChI=1S/C17H26BrNO2/c1-13(2)12-20-9-4-8-19-16-5-3-10-21-17-11-14(18)6-7-15(16)17/h6-7,11,13,16,19H,3-5,8-10,12H2,1-2H3. The van der Waals surface area contributed by atoms with Crippen molar-refractivity contribution >= 4 is 15.9 Å². The van der Waals surface area contributed by atoms with E-state index in [2.05, 4.69) is 53.3 Å². The first-order valence-corrected chi connectivity index (χ1v) is 8.69. The molecule has 21 heavy (non-hydrogen) atoms. The zero-order chi connectivity index (χ0) is 15.1. The molecular weight excluding hydrogens is 330 g/mol. The minimum absolute atomic E-state index is 0.390. The molecule has 1 atom stereocenters. The van der Waals surface area contributed by atoms with Crippen LogP contribution in [0.5, 0.6) is 5.75 Å². The van der Waals surface area contributed by atoms with Gasteiger partial charge in [0, 0.05) is 29.3 Å². The first-order valence-electron chi connectivity index (χ1n) is 7.90. The molecule has 1 aliphatic rings. The number of fused-ring (bicyclic) bond motifs is 1. The molecule has 118 valence electrons. The predicted molar refractivity (Wildman–Crippen MR) is 89.9 cm³/mol. The molecule has 2 rings (SSSR count). The van der Waals surface area contributed by atoms with Crippen molar-refractivity contribution in [2.75, 3.05) is 26.4 Å². The van der Waals surface area contributed by atoms with E-state index in [-0.39, 0.29) is 0 Å². The monoisotopic (exact) mass is 355 g/mol. The lowest BCUT2D eigenvalue weighted by atomic mass is 10.0. The maximum Gasteiger partial charge on any atom is 0.125 e. The van der Waals surface area contributed by atoms with Gasteiger partial charge in [-0.25, -0.2) is 0 Å². The van der Waals surface area contributed by atoms with Gasteiger partial charge in [-0.1, -0.05) is 35.8 Å². The first-order chi connectivity index (χ1) is 10.2. The molecule has 0 saturated heterocycles. The van der Waals surface area contributed by atoms with E-state index in [4.69, 9.17) is 9.47 Å². The van der Waals surface area contributed by atoms with Crippen LogP contribution in [0.2, 0.25) is 0 Å². The molecule has 1 unspecified atom stereocenters. The number of halogens is 1. The Labute approximate surface area is 136 Å². The van der Waals surface area contributed by atoms with Crippen LogP contribution in [0.25, 0.3) is 0 Å². The maximum absolute atomic E-state index is 5.84. The summed E-state index contributed by atoms with van der Waals surface area (Å²) in [7, 11) is 0. The van der Waals surface area contributed by atoms with E-state index in [9.17, 15) is 0 Å². The zero-order valence-corrected chi connectivity index (χ0v) is 14.6. The van der Waals surface area contributed by atoms with Crippen LogP contribution in [-0.4, -0.2) is 26.4 Å². The topological polar surface area (TPSA) is 30.5 Å². The summed E-state index contributed by atoms with van der Waals surface area (Å²) in [6.45, 7) is 7.84. The van der Waals surface area contributed by atoms with E-state index < -0.39 is 0 Å². The molecule has 0 bridgehead atoms. The van der Waals surface area contributed by atoms with Gasteiger partial charge in [-0.3, -0.25) is 0 Å². The highest BCUT2D eigenvalue weighted by Crippen LogP contribution is 2.33. The lowest BCUT2D eigenvalue weighted by Gasteiger charge is -2.18. The van der Waals surface area contributed by atoms with Crippen LogP contribution in [0.1, 0.15) is 44.7 Å². The van der Waals surface area contributed by atoms with Gasteiger partial charge in [-0.15, -0.1) is 0 Å². The molecule has 0 saturated carbocycles. The molecule has 1 aromatic rings. The fourth-order valence-corrected chi connectivity index (χ4v) is 2.87. The number of benzene rings is 1. The lowest BCUT2D eigenvalue weighted by molar-refractivity contribution is 0.107. The predicted octanol–water partition coefficient (Wildman–Crippen LogP) is 4.32. The number of rotatable bonds is 7. The van der Waals surface area contributed by atoms with Gasteiger partial charge in [0.15, 0.2) is 0 Å². The van der Waals surface area contributed by atoms with Gasteiger partial charge in [0.2, 0.25) is 0 Å². The summed E-state index contributed by atoms with van der Waals surface area (Å²) in [6, 6.07) is 6.72. The summed E-state index contributed by atoms with van der Waals surface area (Å²) in [6.07, 6.45) is 3.27. The molecule has 0 spiro atoms. The summed E-state index contributed by atoms with van der Waals surface area (Å²) in [5, 5.41) is 3.65. The minimum atomic E-state index is 0.390. The normalized spacial score (nSPS) is 18.2. The van der Waals surface area contributed by atoms with E-state index in [0.717, 1.165) is 55.9 Å². The Morgan fingerprint density at radius 2 is 2.29 bits per heavy atom. The molecule has 1 heterocycles.